The third kappa shape index (κ3) is 1.54. The largest absolute Gasteiger partial charge is 0.497 e. The number of epoxide rings is 1. The minimum Gasteiger partial charge on any atom is -0.497 e. The van der Waals surface area contributed by atoms with Gasteiger partial charge in [-0.3, -0.25) is 0 Å². The van der Waals surface area contributed by atoms with Crippen LogP contribution in [0.3, 0.4) is 0 Å². The highest BCUT2D eigenvalue weighted by Gasteiger charge is 2.78. The maximum Gasteiger partial charge on any atom is 0.342 e. The molecule has 3 aliphatic rings. The first-order valence-corrected chi connectivity index (χ1v) is 7.26. The van der Waals surface area contributed by atoms with Gasteiger partial charge in [-0.2, -0.15) is 0 Å². The molecule has 1 aliphatic heterocycles. The highest BCUT2D eigenvalue weighted by Crippen LogP contribution is 2.66. The summed E-state index contributed by atoms with van der Waals surface area (Å²) in [5.41, 5.74) is -0.112. The predicted octanol–water partition coefficient (Wildman–Crippen LogP) is 2.55. The number of ether oxygens (including phenoxy) is 3. The van der Waals surface area contributed by atoms with E-state index in [4.69, 9.17) is 14.2 Å². The predicted molar refractivity (Wildman–Crippen MR) is 71.5 cm³/mol. The molecule has 2 aliphatic carbocycles. The van der Waals surface area contributed by atoms with E-state index in [1.165, 1.54) is 0 Å². The van der Waals surface area contributed by atoms with Crippen molar-refractivity contribution >= 4 is 5.97 Å². The van der Waals surface area contributed by atoms with Crippen molar-refractivity contribution in [2.45, 2.75) is 49.4 Å². The molecule has 3 fully saturated rings. The fourth-order valence-corrected chi connectivity index (χ4v) is 3.40. The van der Waals surface area contributed by atoms with Crippen LogP contribution in [0.5, 0.6) is 5.75 Å². The Labute approximate surface area is 118 Å². The summed E-state index contributed by atoms with van der Waals surface area (Å²) < 4.78 is 16.6. The Bertz CT molecular complexity index is 548. The Morgan fingerprint density at radius 2 is 2.00 bits per heavy atom. The Balaban J connectivity index is 1.61. The van der Waals surface area contributed by atoms with Crippen LogP contribution in [0.4, 0.5) is 0 Å². The number of hydrogen-bond donors (Lipinski definition) is 0. The summed E-state index contributed by atoms with van der Waals surface area (Å²) in [6.45, 7) is 0. The number of esters is 1. The fraction of sp³-hybridized carbons (Fsp3) is 0.562. The molecule has 106 valence electrons. The maximum atomic E-state index is 12.4. The van der Waals surface area contributed by atoms with E-state index in [0.717, 1.165) is 43.4 Å². The minimum absolute atomic E-state index is 0.134. The van der Waals surface area contributed by atoms with E-state index >= 15 is 0 Å². The van der Waals surface area contributed by atoms with E-state index < -0.39 is 11.2 Å². The van der Waals surface area contributed by atoms with Gasteiger partial charge in [-0.05, 0) is 49.8 Å². The number of carbonyl (C=O) groups is 1. The van der Waals surface area contributed by atoms with Crippen molar-refractivity contribution in [2.24, 2.45) is 0 Å². The van der Waals surface area contributed by atoms with Gasteiger partial charge in [0.2, 0.25) is 0 Å². The fourth-order valence-electron chi connectivity index (χ4n) is 3.40. The number of rotatable bonds is 4. The molecule has 4 nitrogen and oxygen atoms in total. The van der Waals surface area contributed by atoms with Crippen molar-refractivity contribution in [1.29, 1.82) is 0 Å². The van der Waals surface area contributed by atoms with Crippen LogP contribution in [-0.2, 0) is 19.9 Å². The topological polar surface area (TPSA) is 48.1 Å². The van der Waals surface area contributed by atoms with E-state index in [1.54, 1.807) is 7.11 Å². The zero-order valence-electron chi connectivity index (χ0n) is 11.6. The van der Waals surface area contributed by atoms with Gasteiger partial charge in [-0.25, -0.2) is 4.79 Å². The molecule has 1 aromatic carbocycles. The van der Waals surface area contributed by atoms with Gasteiger partial charge in [0.25, 0.3) is 0 Å². The number of methoxy groups -OCH3 is 1. The second kappa shape index (κ2) is 3.98. The first kappa shape index (κ1) is 12.2. The zero-order chi connectivity index (χ0) is 13.8. The molecule has 0 spiro atoms. The van der Waals surface area contributed by atoms with Gasteiger partial charge in [0.15, 0.2) is 5.60 Å². The molecule has 2 atom stereocenters. The molecule has 2 unspecified atom stereocenters. The molecule has 0 bridgehead atoms. The van der Waals surface area contributed by atoms with Crippen LogP contribution >= 0.6 is 0 Å². The molecule has 20 heavy (non-hydrogen) atoms. The van der Waals surface area contributed by atoms with Crippen molar-refractivity contribution < 1.29 is 19.0 Å². The Morgan fingerprint density at radius 3 is 2.65 bits per heavy atom. The Kier molecular flexibility index (Phi) is 2.43. The molecule has 1 heterocycles. The zero-order valence-corrected chi connectivity index (χ0v) is 11.6. The van der Waals surface area contributed by atoms with Crippen molar-refractivity contribution in [1.82, 2.24) is 0 Å². The maximum absolute atomic E-state index is 12.4. The lowest BCUT2D eigenvalue weighted by atomic mass is 9.89. The van der Waals surface area contributed by atoms with Gasteiger partial charge in [-0.1, -0.05) is 12.1 Å². The summed E-state index contributed by atoms with van der Waals surface area (Å²) in [5, 5.41) is 0. The normalized spacial score (nSPS) is 34.5. The number of fused-ring (bicyclic) bond motifs is 1. The highest BCUT2D eigenvalue weighted by molar-refractivity contribution is 5.86. The standard InChI is InChI=1S/C16H18O4/c1-18-12-5-3-11(4-6-12)15-9-2-10-16(15,20-15)14(17)19-13-7-8-13/h3-6,13H,2,7-10H2,1H3. The Morgan fingerprint density at radius 1 is 1.25 bits per heavy atom. The molecule has 0 aromatic heterocycles. The summed E-state index contributed by atoms with van der Waals surface area (Å²) in [4.78, 5) is 12.4. The van der Waals surface area contributed by atoms with Crippen LogP contribution in [0, 0.1) is 0 Å². The van der Waals surface area contributed by atoms with Crippen LogP contribution < -0.4 is 4.74 Å². The molecule has 0 amide bonds. The van der Waals surface area contributed by atoms with Crippen LogP contribution in [0.2, 0.25) is 0 Å². The third-order valence-corrected chi connectivity index (χ3v) is 4.70. The highest BCUT2D eigenvalue weighted by atomic mass is 16.7. The van der Waals surface area contributed by atoms with E-state index in [2.05, 4.69) is 0 Å². The second-order valence-electron chi connectivity index (χ2n) is 5.94. The summed E-state index contributed by atoms with van der Waals surface area (Å²) >= 11 is 0. The first-order valence-electron chi connectivity index (χ1n) is 7.26. The van der Waals surface area contributed by atoms with E-state index in [-0.39, 0.29) is 12.1 Å². The van der Waals surface area contributed by atoms with Crippen LogP contribution in [0.1, 0.15) is 37.7 Å². The summed E-state index contributed by atoms with van der Waals surface area (Å²) in [6, 6.07) is 7.83. The molecular formula is C16H18O4. The van der Waals surface area contributed by atoms with Gasteiger partial charge in [0.1, 0.15) is 17.5 Å². The van der Waals surface area contributed by atoms with E-state index in [9.17, 15) is 4.79 Å². The van der Waals surface area contributed by atoms with E-state index in [1.807, 2.05) is 24.3 Å². The van der Waals surface area contributed by atoms with Crippen molar-refractivity contribution in [2.75, 3.05) is 7.11 Å². The number of carbonyl (C=O) groups excluding carboxylic acids is 1. The van der Waals surface area contributed by atoms with Gasteiger partial charge in [0, 0.05) is 0 Å². The molecule has 2 saturated carbocycles. The Hall–Kier alpha value is -1.55. The van der Waals surface area contributed by atoms with Gasteiger partial charge in [-0.15, -0.1) is 0 Å². The number of benzene rings is 1. The lowest BCUT2D eigenvalue weighted by Gasteiger charge is -2.12. The number of hydrogen-bond acceptors (Lipinski definition) is 4. The minimum atomic E-state index is -0.718. The summed E-state index contributed by atoms with van der Waals surface area (Å²) in [7, 11) is 1.65. The lowest BCUT2D eigenvalue weighted by Crippen LogP contribution is -2.31. The van der Waals surface area contributed by atoms with Crippen LogP contribution in [0.25, 0.3) is 0 Å². The third-order valence-electron chi connectivity index (χ3n) is 4.70. The molecule has 4 heteroatoms. The average molecular weight is 274 g/mol. The van der Waals surface area contributed by atoms with Crippen molar-refractivity contribution in [3.05, 3.63) is 29.8 Å². The smallest absolute Gasteiger partial charge is 0.342 e. The molecule has 0 N–H and O–H groups in total. The van der Waals surface area contributed by atoms with Crippen molar-refractivity contribution in [3.8, 4) is 5.75 Å². The second-order valence-corrected chi connectivity index (χ2v) is 5.94. The van der Waals surface area contributed by atoms with Gasteiger partial charge < -0.3 is 14.2 Å². The summed E-state index contributed by atoms with van der Waals surface area (Å²) in [5.74, 6) is 0.656. The molecule has 0 radical (unpaired) electrons. The van der Waals surface area contributed by atoms with Gasteiger partial charge >= 0.3 is 5.97 Å². The molecule has 4 rings (SSSR count). The van der Waals surface area contributed by atoms with Crippen LogP contribution in [0.15, 0.2) is 24.3 Å². The quantitative estimate of drug-likeness (QED) is 0.625. The monoisotopic (exact) mass is 274 g/mol. The van der Waals surface area contributed by atoms with E-state index in [0.29, 0.717) is 0 Å². The van der Waals surface area contributed by atoms with Gasteiger partial charge in [0.05, 0.1) is 7.11 Å². The first-order chi connectivity index (χ1) is 9.70. The summed E-state index contributed by atoms with van der Waals surface area (Å²) in [6.07, 6.45) is 4.79. The molecular weight excluding hydrogens is 256 g/mol. The lowest BCUT2D eigenvalue weighted by molar-refractivity contribution is -0.151. The molecule has 1 aromatic rings. The van der Waals surface area contributed by atoms with Crippen LogP contribution in [-0.4, -0.2) is 24.8 Å². The average Bonchev–Trinajstić information content (AvgIpc) is 3.38. The SMILES string of the molecule is COc1ccc(C23CCCC2(C(=O)OC2CC2)O3)cc1. The molecule has 1 saturated heterocycles. The van der Waals surface area contributed by atoms with Crippen molar-refractivity contribution in [3.63, 3.8) is 0 Å².